The Morgan fingerprint density at radius 3 is 2.47 bits per heavy atom. The second kappa shape index (κ2) is 10.8. The zero-order valence-electron chi connectivity index (χ0n) is 19.2. The van der Waals surface area contributed by atoms with Crippen molar-refractivity contribution in [2.45, 2.75) is 26.4 Å². The molecular weight excluding hydrogens is 443 g/mol. The fourth-order valence-corrected chi connectivity index (χ4v) is 3.69. The lowest BCUT2D eigenvalue weighted by atomic mass is 9.96. The van der Waals surface area contributed by atoms with Gasteiger partial charge in [0.05, 0.1) is 36.2 Å². The summed E-state index contributed by atoms with van der Waals surface area (Å²) in [5.74, 6) is -1.08. The number of benzene rings is 3. The van der Waals surface area contributed by atoms with E-state index in [-0.39, 0.29) is 40.2 Å². The molecule has 0 amide bonds. The van der Waals surface area contributed by atoms with Gasteiger partial charge >= 0.3 is 5.97 Å². The van der Waals surface area contributed by atoms with Crippen molar-refractivity contribution in [3.05, 3.63) is 76.0 Å². The van der Waals surface area contributed by atoms with Gasteiger partial charge in [-0.1, -0.05) is 23.8 Å². The van der Waals surface area contributed by atoms with Crippen LogP contribution in [0.2, 0.25) is 0 Å². The quantitative estimate of drug-likeness (QED) is 0.161. The van der Waals surface area contributed by atoms with Crippen molar-refractivity contribution in [1.82, 2.24) is 0 Å². The SMILES string of the molecule is COc1cc([C@H](CC=C(C)C)OC(=O)c2ccccc2F)c(OC)c2c(N=O)ccc(NO)c12. The number of nitrogens with one attached hydrogen (secondary N) is 1. The van der Waals surface area contributed by atoms with Crippen molar-refractivity contribution in [3.63, 3.8) is 0 Å². The molecule has 0 heterocycles. The van der Waals surface area contributed by atoms with Crippen LogP contribution in [0, 0.1) is 10.7 Å². The van der Waals surface area contributed by atoms with Gasteiger partial charge in [-0.25, -0.2) is 9.18 Å². The Morgan fingerprint density at radius 2 is 1.88 bits per heavy atom. The number of carbonyl (C=O) groups is 1. The molecule has 0 fully saturated rings. The topological polar surface area (TPSA) is 106 Å². The molecule has 0 unspecified atom stereocenters. The van der Waals surface area contributed by atoms with Crippen LogP contribution in [0.1, 0.15) is 42.3 Å². The first kappa shape index (κ1) is 24.7. The number of halogens is 1. The number of rotatable bonds is 9. The molecule has 0 aliphatic heterocycles. The maximum absolute atomic E-state index is 14.2. The molecule has 0 aromatic heterocycles. The molecule has 3 aromatic carbocycles. The number of fused-ring (bicyclic) bond motifs is 1. The predicted molar refractivity (Wildman–Crippen MR) is 127 cm³/mol. The molecule has 9 heteroatoms. The van der Waals surface area contributed by atoms with Gasteiger partial charge in [-0.05, 0) is 49.4 Å². The second-order valence-electron chi connectivity index (χ2n) is 7.68. The molecule has 0 aliphatic carbocycles. The van der Waals surface area contributed by atoms with Crippen LogP contribution in [0.25, 0.3) is 10.8 Å². The Bertz CT molecular complexity index is 1250. The van der Waals surface area contributed by atoms with E-state index in [9.17, 15) is 19.3 Å². The van der Waals surface area contributed by atoms with Gasteiger partial charge in [-0.3, -0.25) is 10.7 Å². The summed E-state index contributed by atoms with van der Waals surface area (Å²) in [5, 5.41) is 13.3. The van der Waals surface area contributed by atoms with Gasteiger partial charge in [-0.2, -0.15) is 0 Å². The third-order valence-corrected chi connectivity index (χ3v) is 5.28. The molecule has 8 nitrogen and oxygen atoms in total. The first-order valence-corrected chi connectivity index (χ1v) is 10.4. The molecule has 2 N–H and O–H groups in total. The Labute approximate surface area is 195 Å². The van der Waals surface area contributed by atoms with E-state index in [0.717, 1.165) is 5.57 Å². The van der Waals surface area contributed by atoms with Gasteiger partial charge < -0.3 is 14.2 Å². The van der Waals surface area contributed by atoms with Crippen LogP contribution >= 0.6 is 0 Å². The molecule has 0 saturated carbocycles. The molecule has 34 heavy (non-hydrogen) atoms. The normalized spacial score (nSPS) is 11.5. The van der Waals surface area contributed by atoms with Gasteiger partial charge in [0, 0.05) is 12.0 Å². The molecule has 0 spiro atoms. The van der Waals surface area contributed by atoms with E-state index in [1.807, 2.05) is 19.9 Å². The number of allylic oxidation sites excluding steroid dienone is 1. The summed E-state index contributed by atoms with van der Waals surface area (Å²) < 4.78 is 31.1. The Hall–Kier alpha value is -3.98. The highest BCUT2D eigenvalue weighted by atomic mass is 19.1. The fourth-order valence-electron chi connectivity index (χ4n) is 3.69. The Kier molecular flexibility index (Phi) is 7.80. The van der Waals surface area contributed by atoms with E-state index >= 15 is 0 Å². The maximum Gasteiger partial charge on any atom is 0.341 e. The number of anilines is 1. The zero-order valence-corrected chi connectivity index (χ0v) is 19.2. The van der Waals surface area contributed by atoms with Crippen molar-refractivity contribution in [3.8, 4) is 11.5 Å². The van der Waals surface area contributed by atoms with E-state index in [2.05, 4.69) is 10.7 Å². The van der Waals surface area contributed by atoms with Crippen LogP contribution < -0.4 is 15.0 Å². The summed E-state index contributed by atoms with van der Waals surface area (Å²) in [4.78, 5) is 24.5. The number of hydrogen-bond acceptors (Lipinski definition) is 8. The molecule has 3 aromatic rings. The highest BCUT2D eigenvalue weighted by Gasteiger charge is 2.27. The van der Waals surface area contributed by atoms with Gasteiger partial charge in [-0.15, -0.1) is 4.91 Å². The minimum atomic E-state index is -0.916. The van der Waals surface area contributed by atoms with Crippen molar-refractivity contribution >= 4 is 28.1 Å². The molecule has 0 aliphatic rings. The predicted octanol–water partition coefficient (Wildman–Crippen LogP) is 6.45. The van der Waals surface area contributed by atoms with Crippen molar-refractivity contribution in [2.75, 3.05) is 19.7 Å². The lowest BCUT2D eigenvalue weighted by molar-refractivity contribution is 0.0293. The van der Waals surface area contributed by atoms with Gasteiger partial charge in [0.1, 0.15) is 29.1 Å². The lowest BCUT2D eigenvalue weighted by Gasteiger charge is -2.23. The second-order valence-corrected chi connectivity index (χ2v) is 7.68. The van der Waals surface area contributed by atoms with Crippen LogP contribution in [0.3, 0.4) is 0 Å². The number of nitrogens with zero attached hydrogens (tertiary/aromatic N) is 1. The van der Waals surface area contributed by atoms with Crippen molar-refractivity contribution < 1.29 is 28.6 Å². The minimum Gasteiger partial charge on any atom is -0.496 e. The maximum atomic E-state index is 14.2. The average molecular weight is 468 g/mol. The Morgan fingerprint density at radius 1 is 1.15 bits per heavy atom. The summed E-state index contributed by atoms with van der Waals surface area (Å²) in [6.45, 7) is 3.78. The van der Waals surface area contributed by atoms with Gasteiger partial charge in [0.2, 0.25) is 0 Å². The van der Waals surface area contributed by atoms with Gasteiger partial charge in [0.25, 0.3) is 0 Å². The van der Waals surface area contributed by atoms with Crippen molar-refractivity contribution in [1.29, 1.82) is 0 Å². The van der Waals surface area contributed by atoms with Crippen LogP contribution in [-0.4, -0.2) is 25.4 Å². The monoisotopic (exact) mass is 468 g/mol. The number of esters is 1. The summed E-state index contributed by atoms with van der Waals surface area (Å²) in [6.07, 6.45) is 1.19. The number of carbonyl (C=O) groups excluding carboxylic acids is 1. The van der Waals surface area contributed by atoms with E-state index in [1.165, 1.54) is 50.6 Å². The van der Waals surface area contributed by atoms with E-state index in [4.69, 9.17) is 14.2 Å². The Balaban J connectivity index is 2.27. The van der Waals surface area contributed by atoms with E-state index in [1.54, 1.807) is 6.07 Å². The number of ether oxygens (including phenoxy) is 3. The van der Waals surface area contributed by atoms with Crippen LogP contribution in [0.4, 0.5) is 15.8 Å². The first-order chi connectivity index (χ1) is 16.4. The van der Waals surface area contributed by atoms with Crippen LogP contribution in [-0.2, 0) is 4.74 Å². The van der Waals surface area contributed by atoms with E-state index in [0.29, 0.717) is 10.9 Å². The minimum absolute atomic E-state index is 0.0346. The van der Waals surface area contributed by atoms with Crippen molar-refractivity contribution in [2.24, 2.45) is 5.18 Å². The highest BCUT2D eigenvalue weighted by molar-refractivity contribution is 6.08. The summed E-state index contributed by atoms with van der Waals surface area (Å²) >= 11 is 0. The van der Waals surface area contributed by atoms with Crippen LogP contribution in [0.15, 0.2) is 59.3 Å². The summed E-state index contributed by atoms with van der Waals surface area (Å²) in [5.41, 5.74) is 3.52. The zero-order chi connectivity index (χ0) is 24.8. The molecule has 0 radical (unpaired) electrons. The molecule has 178 valence electrons. The molecule has 0 saturated heterocycles. The smallest absolute Gasteiger partial charge is 0.341 e. The number of methoxy groups -OCH3 is 2. The fraction of sp³-hybridized carbons (Fsp3) is 0.240. The lowest BCUT2D eigenvalue weighted by Crippen LogP contribution is -2.14. The molecular formula is C25H25FN2O6. The third kappa shape index (κ3) is 4.84. The van der Waals surface area contributed by atoms with Gasteiger partial charge in [0.15, 0.2) is 0 Å². The summed E-state index contributed by atoms with van der Waals surface area (Å²) in [6, 6.07) is 10.00. The molecule has 0 bridgehead atoms. The number of nitroso groups, excluding NO2 is 1. The first-order valence-electron chi connectivity index (χ1n) is 10.4. The summed E-state index contributed by atoms with van der Waals surface area (Å²) in [7, 11) is 2.82. The molecule has 1 atom stereocenters. The standard InChI is InChI=1S/C25H25FN2O6/c1-14(2)9-12-20(34-25(29)15-7-5-6-8-17(15)26)16-13-21(32-3)22-18(27-30)10-11-19(28-31)23(22)24(16)33-4/h5-11,13,20,27,30H,12H2,1-4H3/t20-/m0/s1. The van der Waals surface area contributed by atoms with Crippen LogP contribution in [0.5, 0.6) is 11.5 Å². The number of hydrogen-bond donors (Lipinski definition) is 2. The van der Waals surface area contributed by atoms with E-state index < -0.39 is 17.9 Å². The average Bonchev–Trinajstić information content (AvgIpc) is 2.84. The highest BCUT2D eigenvalue weighted by Crippen LogP contribution is 2.48. The third-order valence-electron chi connectivity index (χ3n) is 5.28. The molecule has 3 rings (SSSR count). The largest absolute Gasteiger partial charge is 0.496 e.